The van der Waals surface area contributed by atoms with Crippen molar-refractivity contribution in [2.45, 2.75) is 43.2 Å². The summed E-state index contributed by atoms with van der Waals surface area (Å²) in [6.45, 7) is 0. The first-order valence-corrected chi connectivity index (χ1v) is 8.13. The van der Waals surface area contributed by atoms with Crippen molar-refractivity contribution < 1.29 is 13.2 Å². The van der Waals surface area contributed by atoms with E-state index in [4.69, 9.17) is 5.26 Å². The molecule has 1 saturated carbocycles. The van der Waals surface area contributed by atoms with Crippen molar-refractivity contribution in [2.75, 3.05) is 11.6 Å². The fourth-order valence-electron chi connectivity index (χ4n) is 2.65. The number of rotatable bonds is 3. The van der Waals surface area contributed by atoms with E-state index in [2.05, 4.69) is 11.6 Å². The number of nitriles is 1. The van der Waals surface area contributed by atoms with Gasteiger partial charge in [-0.3, -0.25) is 0 Å². The number of halogens is 3. The molecular formula is C15H17F3N2S. The van der Waals surface area contributed by atoms with Crippen LogP contribution >= 0.6 is 11.8 Å². The van der Waals surface area contributed by atoms with Crippen LogP contribution in [-0.4, -0.2) is 17.5 Å². The minimum absolute atomic E-state index is 0.275. The van der Waals surface area contributed by atoms with Gasteiger partial charge >= 0.3 is 6.18 Å². The summed E-state index contributed by atoms with van der Waals surface area (Å²) in [5.41, 5.74) is -0.612. The molecule has 1 fully saturated rings. The zero-order valence-electron chi connectivity index (χ0n) is 11.7. The minimum Gasteiger partial charge on any atom is -0.382 e. The molecule has 0 aliphatic heterocycles. The number of hydrogen-bond donors (Lipinski definition) is 1. The van der Waals surface area contributed by atoms with Gasteiger partial charge < -0.3 is 5.32 Å². The average molecular weight is 314 g/mol. The van der Waals surface area contributed by atoms with E-state index in [1.54, 1.807) is 6.07 Å². The second-order valence-electron chi connectivity index (χ2n) is 5.22. The van der Waals surface area contributed by atoms with Gasteiger partial charge in [0.2, 0.25) is 0 Å². The zero-order valence-corrected chi connectivity index (χ0v) is 12.5. The SMILES string of the molecule is CSC1CCC(Nc2ccc(C(F)(F)F)c(C#N)c2)CC1. The topological polar surface area (TPSA) is 35.8 Å². The van der Waals surface area contributed by atoms with Gasteiger partial charge in [-0.1, -0.05) is 0 Å². The van der Waals surface area contributed by atoms with Crippen molar-refractivity contribution in [3.63, 3.8) is 0 Å². The molecule has 0 unspecified atom stereocenters. The molecule has 0 radical (unpaired) electrons. The Hall–Kier alpha value is -1.35. The van der Waals surface area contributed by atoms with E-state index in [1.807, 2.05) is 11.8 Å². The second-order valence-corrected chi connectivity index (χ2v) is 6.36. The van der Waals surface area contributed by atoms with Gasteiger partial charge in [-0.2, -0.15) is 30.2 Å². The molecule has 0 aromatic heterocycles. The fraction of sp³-hybridized carbons (Fsp3) is 0.533. The molecule has 1 aliphatic rings. The molecule has 2 nitrogen and oxygen atoms in total. The Kier molecular flexibility index (Phi) is 5.04. The highest BCUT2D eigenvalue weighted by Crippen LogP contribution is 2.34. The van der Waals surface area contributed by atoms with Crippen LogP contribution in [0.4, 0.5) is 18.9 Å². The summed E-state index contributed by atoms with van der Waals surface area (Å²) >= 11 is 1.87. The van der Waals surface area contributed by atoms with Crippen molar-refractivity contribution in [1.29, 1.82) is 5.26 Å². The lowest BCUT2D eigenvalue weighted by molar-refractivity contribution is -0.137. The summed E-state index contributed by atoms with van der Waals surface area (Å²) in [4.78, 5) is 0. The maximum Gasteiger partial charge on any atom is 0.417 e. The Morgan fingerprint density at radius 2 is 1.90 bits per heavy atom. The number of alkyl halides is 3. The van der Waals surface area contributed by atoms with Gasteiger partial charge in [-0.25, -0.2) is 0 Å². The molecule has 0 atom stereocenters. The summed E-state index contributed by atoms with van der Waals surface area (Å²) < 4.78 is 38.2. The molecular weight excluding hydrogens is 297 g/mol. The van der Waals surface area contributed by atoms with Gasteiger partial charge in [0.25, 0.3) is 0 Å². The van der Waals surface area contributed by atoms with Crippen LogP contribution in [0.3, 0.4) is 0 Å². The normalized spacial score (nSPS) is 22.6. The maximum atomic E-state index is 12.7. The molecule has 2 rings (SSSR count). The number of hydrogen-bond acceptors (Lipinski definition) is 3. The minimum atomic E-state index is -4.49. The standard InChI is InChI=1S/C15H17F3N2S/c1-21-13-5-2-11(3-6-13)20-12-4-7-14(15(16,17)18)10(8-12)9-19/h4,7-8,11,13,20H,2-3,5-6H2,1H3. The summed E-state index contributed by atoms with van der Waals surface area (Å²) in [7, 11) is 0. The van der Waals surface area contributed by atoms with E-state index in [1.165, 1.54) is 12.1 Å². The maximum absolute atomic E-state index is 12.7. The number of benzene rings is 1. The number of thioether (sulfide) groups is 1. The summed E-state index contributed by atoms with van der Waals surface area (Å²) in [6.07, 6.45) is 1.87. The highest BCUT2D eigenvalue weighted by atomic mass is 32.2. The molecule has 6 heteroatoms. The average Bonchev–Trinajstić information content (AvgIpc) is 2.46. The molecule has 0 amide bonds. The largest absolute Gasteiger partial charge is 0.417 e. The predicted molar refractivity (Wildman–Crippen MR) is 79.3 cm³/mol. The van der Waals surface area contributed by atoms with Crippen LogP contribution in [0.15, 0.2) is 18.2 Å². The Balaban J connectivity index is 2.07. The van der Waals surface area contributed by atoms with Crippen LogP contribution < -0.4 is 5.32 Å². The number of nitrogens with one attached hydrogen (secondary N) is 1. The lowest BCUT2D eigenvalue weighted by atomic mass is 9.94. The van der Waals surface area contributed by atoms with Crippen molar-refractivity contribution >= 4 is 17.4 Å². The lowest BCUT2D eigenvalue weighted by Crippen LogP contribution is -2.27. The first kappa shape index (κ1) is 16.0. The molecule has 21 heavy (non-hydrogen) atoms. The molecule has 0 spiro atoms. The number of anilines is 1. The van der Waals surface area contributed by atoms with E-state index >= 15 is 0 Å². The Bertz CT molecular complexity index is 529. The molecule has 0 bridgehead atoms. The quantitative estimate of drug-likeness (QED) is 0.881. The van der Waals surface area contributed by atoms with E-state index < -0.39 is 11.7 Å². The molecule has 1 aliphatic carbocycles. The third-order valence-corrected chi connectivity index (χ3v) is 4.96. The Labute approximate surface area is 126 Å². The van der Waals surface area contributed by atoms with Crippen LogP contribution in [0.1, 0.15) is 36.8 Å². The van der Waals surface area contributed by atoms with Gasteiger partial charge in [0.15, 0.2) is 0 Å². The summed E-state index contributed by atoms with van der Waals surface area (Å²) in [5.74, 6) is 0. The van der Waals surface area contributed by atoms with Crippen LogP contribution in [0.25, 0.3) is 0 Å². The Morgan fingerprint density at radius 3 is 2.43 bits per heavy atom. The van der Waals surface area contributed by atoms with Crippen LogP contribution in [0, 0.1) is 11.3 Å². The predicted octanol–water partition coefficient (Wildman–Crippen LogP) is 4.66. The first-order valence-electron chi connectivity index (χ1n) is 6.84. The zero-order chi connectivity index (χ0) is 15.5. The van der Waals surface area contributed by atoms with Crippen molar-refractivity contribution in [3.05, 3.63) is 29.3 Å². The third-order valence-electron chi connectivity index (χ3n) is 3.82. The van der Waals surface area contributed by atoms with Gasteiger partial charge in [-0.05, 0) is 50.1 Å². The summed E-state index contributed by atoms with van der Waals surface area (Å²) in [6, 6.07) is 5.59. The Morgan fingerprint density at radius 1 is 1.24 bits per heavy atom. The molecule has 1 N–H and O–H groups in total. The first-order chi connectivity index (χ1) is 9.94. The molecule has 114 valence electrons. The smallest absolute Gasteiger partial charge is 0.382 e. The lowest BCUT2D eigenvalue weighted by Gasteiger charge is -2.29. The monoisotopic (exact) mass is 314 g/mol. The van der Waals surface area contributed by atoms with E-state index in [9.17, 15) is 13.2 Å². The highest BCUT2D eigenvalue weighted by Gasteiger charge is 2.33. The highest BCUT2D eigenvalue weighted by molar-refractivity contribution is 7.99. The van der Waals surface area contributed by atoms with E-state index in [0.717, 1.165) is 31.7 Å². The van der Waals surface area contributed by atoms with E-state index in [-0.39, 0.29) is 11.6 Å². The second kappa shape index (κ2) is 6.61. The van der Waals surface area contributed by atoms with Gasteiger partial charge in [0.05, 0.1) is 17.2 Å². The fourth-order valence-corrected chi connectivity index (χ4v) is 3.40. The summed E-state index contributed by atoms with van der Waals surface area (Å²) in [5, 5.41) is 12.8. The van der Waals surface area contributed by atoms with Crippen LogP contribution in [-0.2, 0) is 6.18 Å². The van der Waals surface area contributed by atoms with Crippen molar-refractivity contribution in [2.24, 2.45) is 0 Å². The van der Waals surface area contributed by atoms with Crippen molar-refractivity contribution in [1.82, 2.24) is 0 Å². The van der Waals surface area contributed by atoms with Crippen LogP contribution in [0.5, 0.6) is 0 Å². The van der Waals surface area contributed by atoms with Crippen molar-refractivity contribution in [3.8, 4) is 6.07 Å². The van der Waals surface area contributed by atoms with Gasteiger partial charge in [0.1, 0.15) is 0 Å². The number of nitrogens with zero attached hydrogens (tertiary/aromatic N) is 1. The van der Waals surface area contributed by atoms with Crippen LogP contribution in [0.2, 0.25) is 0 Å². The molecule has 1 aromatic rings. The van der Waals surface area contributed by atoms with Gasteiger partial charge in [-0.15, -0.1) is 0 Å². The van der Waals surface area contributed by atoms with Gasteiger partial charge in [0, 0.05) is 17.0 Å². The van der Waals surface area contributed by atoms with E-state index in [0.29, 0.717) is 10.9 Å². The third kappa shape index (κ3) is 4.07. The molecule has 0 saturated heterocycles. The molecule has 0 heterocycles. The molecule has 1 aromatic carbocycles.